The molecule has 0 aliphatic heterocycles. The maximum atomic E-state index is 6.25. The standard InChI is InChI=1S/C50H36N2O.2C2H6/c1-2-4-14-34(13-3-1)38-29-32-49-46(33-38)51-50(53-49)37-25-23-35(24-26-37)40-15-5-7-17-42(40)43-18-8-6-16-41(43)36-27-30-39(31-28-36)52-47-21-11-9-19-44(47)45-20-10-12-22-48(45)52;2*1-2/h3,5-33H,1-2,4H2;2*1-2H3. The number of hydrogen-bond acceptors (Lipinski definition) is 2. The van der Waals surface area contributed by atoms with E-state index < -0.39 is 0 Å². The summed E-state index contributed by atoms with van der Waals surface area (Å²) in [5, 5.41) is 2.54. The molecule has 0 atom stereocenters. The van der Waals surface area contributed by atoms with Crippen LogP contribution in [0.15, 0.2) is 186 Å². The van der Waals surface area contributed by atoms with E-state index in [1.54, 1.807) is 0 Å². The fourth-order valence-electron chi connectivity index (χ4n) is 7.94. The van der Waals surface area contributed by atoms with Gasteiger partial charge in [-0.2, -0.15) is 0 Å². The van der Waals surface area contributed by atoms with Crippen molar-refractivity contribution in [1.82, 2.24) is 9.55 Å². The van der Waals surface area contributed by atoms with Gasteiger partial charge in [0, 0.05) is 22.0 Å². The molecule has 9 aromatic rings. The number of benzene rings is 7. The summed E-state index contributed by atoms with van der Waals surface area (Å²) in [7, 11) is 0. The molecule has 2 heterocycles. The summed E-state index contributed by atoms with van der Waals surface area (Å²) in [6.07, 6.45) is 10.2. The molecule has 0 saturated heterocycles. The van der Waals surface area contributed by atoms with Crippen LogP contribution in [-0.4, -0.2) is 9.55 Å². The molecule has 0 radical (unpaired) electrons. The van der Waals surface area contributed by atoms with E-state index in [-0.39, 0.29) is 0 Å². The van der Waals surface area contributed by atoms with Gasteiger partial charge in [-0.25, -0.2) is 4.98 Å². The Hall–Kier alpha value is -6.71. The summed E-state index contributed by atoms with van der Waals surface area (Å²) in [4.78, 5) is 4.91. The van der Waals surface area contributed by atoms with Crippen molar-refractivity contribution in [2.24, 2.45) is 0 Å². The van der Waals surface area contributed by atoms with Crippen LogP contribution in [0.25, 0.3) is 89.0 Å². The van der Waals surface area contributed by atoms with Crippen LogP contribution in [0, 0.1) is 0 Å². The molecule has 0 bridgehead atoms. The molecule has 1 aliphatic carbocycles. The highest BCUT2D eigenvalue weighted by molar-refractivity contribution is 6.09. The third kappa shape index (κ3) is 7.25. The Balaban J connectivity index is 0.00000110. The van der Waals surface area contributed by atoms with Gasteiger partial charge in [-0.3, -0.25) is 0 Å². The summed E-state index contributed by atoms with van der Waals surface area (Å²) in [5.74, 6) is 0.636. The molecule has 7 aromatic carbocycles. The molecule has 57 heavy (non-hydrogen) atoms. The van der Waals surface area contributed by atoms with E-state index >= 15 is 0 Å². The maximum Gasteiger partial charge on any atom is 0.227 e. The molecule has 3 heteroatoms. The first kappa shape index (κ1) is 37.2. The van der Waals surface area contributed by atoms with Crippen molar-refractivity contribution in [1.29, 1.82) is 0 Å². The summed E-state index contributed by atoms with van der Waals surface area (Å²) >= 11 is 0. The van der Waals surface area contributed by atoms with E-state index in [0.717, 1.165) is 40.8 Å². The predicted octanol–water partition coefficient (Wildman–Crippen LogP) is 15.8. The highest BCUT2D eigenvalue weighted by atomic mass is 16.3. The van der Waals surface area contributed by atoms with E-state index in [2.05, 4.69) is 181 Å². The lowest BCUT2D eigenvalue weighted by molar-refractivity contribution is 0.620. The van der Waals surface area contributed by atoms with E-state index in [1.807, 2.05) is 33.8 Å². The van der Waals surface area contributed by atoms with Gasteiger partial charge in [0.1, 0.15) is 5.52 Å². The Morgan fingerprint density at radius 3 is 1.61 bits per heavy atom. The molecule has 2 aromatic heterocycles. The van der Waals surface area contributed by atoms with E-state index in [1.165, 1.54) is 67.2 Å². The Bertz CT molecular complexity index is 2790. The van der Waals surface area contributed by atoms with Crippen LogP contribution in [0.4, 0.5) is 0 Å². The lowest BCUT2D eigenvalue weighted by atomic mass is 9.89. The molecule has 10 rings (SSSR count). The molecule has 0 amide bonds. The van der Waals surface area contributed by atoms with E-state index in [0.29, 0.717) is 5.89 Å². The third-order valence-corrected chi connectivity index (χ3v) is 10.6. The van der Waals surface area contributed by atoms with Crippen molar-refractivity contribution < 1.29 is 4.42 Å². The van der Waals surface area contributed by atoms with Crippen molar-refractivity contribution in [3.63, 3.8) is 0 Å². The van der Waals surface area contributed by atoms with Crippen molar-refractivity contribution in [3.05, 3.63) is 188 Å². The van der Waals surface area contributed by atoms with Gasteiger partial charge in [-0.05, 0) is 112 Å². The summed E-state index contributed by atoms with van der Waals surface area (Å²) in [5.41, 5.74) is 15.8. The van der Waals surface area contributed by atoms with Crippen LogP contribution in [0.3, 0.4) is 0 Å². The Labute approximate surface area is 336 Å². The molecule has 0 saturated carbocycles. The first-order valence-corrected chi connectivity index (χ1v) is 20.4. The molecule has 280 valence electrons. The Kier molecular flexibility index (Phi) is 11.1. The number of aromatic nitrogens is 2. The quantitative estimate of drug-likeness (QED) is 0.170. The number of rotatable bonds is 6. The zero-order valence-electron chi connectivity index (χ0n) is 33.2. The van der Waals surface area contributed by atoms with Crippen LogP contribution >= 0.6 is 0 Å². The van der Waals surface area contributed by atoms with Gasteiger partial charge in [0.15, 0.2) is 5.58 Å². The molecular weight excluding hydrogens is 693 g/mol. The number of hydrogen-bond donors (Lipinski definition) is 0. The van der Waals surface area contributed by atoms with Gasteiger partial charge in [0.25, 0.3) is 0 Å². The second-order valence-corrected chi connectivity index (χ2v) is 13.8. The zero-order valence-corrected chi connectivity index (χ0v) is 33.2. The number of oxazole rings is 1. The molecule has 0 N–H and O–H groups in total. The van der Waals surface area contributed by atoms with Crippen molar-refractivity contribution in [2.75, 3.05) is 0 Å². The van der Waals surface area contributed by atoms with Gasteiger partial charge in [0.2, 0.25) is 5.89 Å². The second-order valence-electron chi connectivity index (χ2n) is 13.8. The number of fused-ring (bicyclic) bond motifs is 4. The SMILES string of the molecule is C1=CC(c2ccc3oc(-c4ccc(-c5ccccc5-c5ccccc5-c5ccc(-n6c7ccccc7c7ccccc76)cc5)cc4)nc3c2)=CCCC1.CC.CC. The van der Waals surface area contributed by atoms with Crippen molar-refractivity contribution >= 4 is 38.5 Å². The highest BCUT2D eigenvalue weighted by Crippen LogP contribution is 2.40. The lowest BCUT2D eigenvalue weighted by Gasteiger charge is -2.15. The zero-order chi connectivity index (χ0) is 39.1. The van der Waals surface area contributed by atoms with Gasteiger partial charge in [0.05, 0.1) is 11.0 Å². The number of para-hydroxylation sites is 2. The van der Waals surface area contributed by atoms with Crippen LogP contribution in [0.2, 0.25) is 0 Å². The smallest absolute Gasteiger partial charge is 0.227 e. The van der Waals surface area contributed by atoms with Crippen LogP contribution in [0.1, 0.15) is 52.5 Å². The number of allylic oxidation sites excluding steroid dienone is 4. The maximum absolute atomic E-state index is 6.25. The van der Waals surface area contributed by atoms with Crippen molar-refractivity contribution in [3.8, 4) is 50.5 Å². The first-order valence-electron chi connectivity index (χ1n) is 20.4. The van der Waals surface area contributed by atoms with Crippen molar-refractivity contribution in [2.45, 2.75) is 47.0 Å². The van der Waals surface area contributed by atoms with Crippen LogP contribution in [0.5, 0.6) is 0 Å². The highest BCUT2D eigenvalue weighted by Gasteiger charge is 2.16. The molecule has 3 nitrogen and oxygen atoms in total. The molecule has 1 aliphatic rings. The average molecular weight is 741 g/mol. The van der Waals surface area contributed by atoms with Crippen LogP contribution in [-0.2, 0) is 0 Å². The fourth-order valence-corrected chi connectivity index (χ4v) is 7.94. The minimum absolute atomic E-state index is 0.636. The van der Waals surface area contributed by atoms with Gasteiger partial charge in [-0.15, -0.1) is 0 Å². The predicted molar refractivity (Wildman–Crippen MR) is 244 cm³/mol. The third-order valence-electron chi connectivity index (χ3n) is 10.6. The molecule has 0 fully saturated rings. The monoisotopic (exact) mass is 740 g/mol. The number of nitrogens with zero attached hydrogens (tertiary/aromatic N) is 2. The Morgan fingerprint density at radius 1 is 0.491 bits per heavy atom. The summed E-state index contributed by atoms with van der Waals surface area (Å²) in [6.45, 7) is 8.00. The lowest BCUT2D eigenvalue weighted by Crippen LogP contribution is -1.94. The molecular formula is C54H48N2O. The topological polar surface area (TPSA) is 31.0 Å². The summed E-state index contributed by atoms with van der Waals surface area (Å²) in [6, 6.07) is 58.6. The van der Waals surface area contributed by atoms with E-state index in [4.69, 9.17) is 9.40 Å². The minimum Gasteiger partial charge on any atom is -0.436 e. The van der Waals surface area contributed by atoms with E-state index in [9.17, 15) is 0 Å². The second kappa shape index (κ2) is 17.0. The summed E-state index contributed by atoms with van der Waals surface area (Å²) < 4.78 is 8.61. The first-order chi connectivity index (χ1) is 28.3. The normalized spacial score (nSPS) is 12.4. The van der Waals surface area contributed by atoms with Gasteiger partial charge < -0.3 is 8.98 Å². The van der Waals surface area contributed by atoms with Crippen LogP contribution < -0.4 is 0 Å². The minimum atomic E-state index is 0.636. The average Bonchev–Trinajstić information content (AvgIpc) is 3.75. The van der Waals surface area contributed by atoms with Gasteiger partial charge >= 0.3 is 0 Å². The fraction of sp³-hybridized carbons (Fsp3) is 0.130. The molecule has 0 unspecified atom stereocenters. The van der Waals surface area contributed by atoms with Gasteiger partial charge in [-0.1, -0.05) is 161 Å². The largest absolute Gasteiger partial charge is 0.436 e. The Morgan fingerprint density at radius 2 is 1.00 bits per heavy atom. The molecule has 0 spiro atoms.